The van der Waals surface area contributed by atoms with Crippen LogP contribution in [0.2, 0.25) is 0 Å². The van der Waals surface area contributed by atoms with Gasteiger partial charge >= 0.3 is 5.97 Å². The molecule has 0 aliphatic heterocycles. The zero-order valence-corrected chi connectivity index (χ0v) is 8.24. The van der Waals surface area contributed by atoms with E-state index in [-0.39, 0.29) is 17.6 Å². The number of hydrogen-bond donors (Lipinski definition) is 1. The summed E-state index contributed by atoms with van der Waals surface area (Å²) in [6.07, 6.45) is 0.565. The predicted octanol–water partition coefficient (Wildman–Crippen LogP) is 2.02. The molecule has 1 aromatic carbocycles. The Morgan fingerprint density at radius 3 is 2.87 bits per heavy atom. The quantitative estimate of drug-likeness (QED) is 0.830. The van der Waals surface area contributed by atoms with Gasteiger partial charge in [0.2, 0.25) is 0 Å². The van der Waals surface area contributed by atoms with Gasteiger partial charge in [0.25, 0.3) is 0 Å². The molecule has 4 heteroatoms. The molecule has 0 saturated heterocycles. The average molecular weight is 210 g/mol. The zero-order valence-electron chi connectivity index (χ0n) is 8.24. The van der Waals surface area contributed by atoms with E-state index in [1.165, 1.54) is 13.2 Å². The summed E-state index contributed by atoms with van der Waals surface area (Å²) in [6, 6.07) is 4.60. The van der Waals surface area contributed by atoms with E-state index in [9.17, 15) is 9.18 Å². The highest BCUT2D eigenvalue weighted by atomic mass is 19.1. The van der Waals surface area contributed by atoms with Crippen LogP contribution in [-0.2, 0) is 4.79 Å². The van der Waals surface area contributed by atoms with E-state index in [0.29, 0.717) is 12.0 Å². The molecule has 1 aliphatic rings. The van der Waals surface area contributed by atoms with Gasteiger partial charge < -0.3 is 9.84 Å². The largest absolute Gasteiger partial charge is 0.493 e. The number of ether oxygens (including phenoxy) is 1. The lowest BCUT2D eigenvalue weighted by Crippen LogP contribution is -2.01. The van der Waals surface area contributed by atoms with Crippen LogP contribution >= 0.6 is 0 Å². The van der Waals surface area contributed by atoms with E-state index in [2.05, 4.69) is 0 Å². The van der Waals surface area contributed by atoms with Gasteiger partial charge in [-0.25, -0.2) is 4.39 Å². The molecule has 1 aliphatic carbocycles. The maximum absolute atomic E-state index is 13.3. The van der Waals surface area contributed by atoms with Crippen molar-refractivity contribution in [3.8, 4) is 5.75 Å². The lowest BCUT2D eigenvalue weighted by atomic mass is 10.1. The minimum absolute atomic E-state index is 0.104. The molecule has 3 nitrogen and oxygen atoms in total. The molecule has 0 radical (unpaired) electrons. The van der Waals surface area contributed by atoms with Gasteiger partial charge in [0.05, 0.1) is 13.0 Å². The molecule has 1 N–H and O–H groups in total. The third-order valence-corrected chi connectivity index (χ3v) is 2.71. The smallest absolute Gasteiger partial charge is 0.307 e. The van der Waals surface area contributed by atoms with Gasteiger partial charge in [-0.1, -0.05) is 12.1 Å². The maximum atomic E-state index is 13.3. The second-order valence-corrected chi connectivity index (χ2v) is 3.65. The van der Waals surface area contributed by atoms with Gasteiger partial charge in [0.15, 0.2) is 11.6 Å². The summed E-state index contributed by atoms with van der Waals surface area (Å²) in [4.78, 5) is 10.7. The van der Waals surface area contributed by atoms with Crippen LogP contribution in [0.15, 0.2) is 18.2 Å². The Morgan fingerprint density at radius 1 is 1.60 bits per heavy atom. The second-order valence-electron chi connectivity index (χ2n) is 3.65. The third kappa shape index (κ3) is 1.67. The van der Waals surface area contributed by atoms with Crippen molar-refractivity contribution < 1.29 is 19.0 Å². The normalized spacial score (nSPS) is 23.6. The molecule has 15 heavy (non-hydrogen) atoms. The van der Waals surface area contributed by atoms with Crippen LogP contribution in [-0.4, -0.2) is 18.2 Å². The number of halogens is 1. The average Bonchev–Trinajstić information content (AvgIpc) is 2.96. The summed E-state index contributed by atoms with van der Waals surface area (Å²) in [5, 5.41) is 8.78. The number of rotatable bonds is 3. The summed E-state index contributed by atoms with van der Waals surface area (Å²) in [5.41, 5.74) is 0.657. The van der Waals surface area contributed by atoms with Crippen molar-refractivity contribution >= 4 is 5.97 Å². The fraction of sp³-hybridized carbons (Fsp3) is 0.364. The molecule has 0 heterocycles. The number of methoxy groups -OCH3 is 1. The molecule has 1 saturated carbocycles. The number of carboxylic acid groups (broad SMARTS) is 1. The highest BCUT2D eigenvalue weighted by Gasteiger charge is 2.45. The van der Waals surface area contributed by atoms with Crippen molar-refractivity contribution in [1.82, 2.24) is 0 Å². The molecule has 2 rings (SSSR count). The maximum Gasteiger partial charge on any atom is 0.307 e. The second kappa shape index (κ2) is 3.53. The Labute approximate surface area is 86.5 Å². The van der Waals surface area contributed by atoms with Crippen molar-refractivity contribution in [2.75, 3.05) is 7.11 Å². The van der Waals surface area contributed by atoms with Crippen LogP contribution in [0.4, 0.5) is 4.39 Å². The molecule has 0 aromatic heterocycles. The fourth-order valence-electron chi connectivity index (χ4n) is 1.84. The molecular weight excluding hydrogens is 199 g/mol. The Kier molecular flexibility index (Phi) is 2.34. The van der Waals surface area contributed by atoms with E-state index in [4.69, 9.17) is 9.84 Å². The summed E-state index contributed by atoms with van der Waals surface area (Å²) in [7, 11) is 1.39. The van der Waals surface area contributed by atoms with E-state index in [1.807, 2.05) is 0 Å². The summed E-state index contributed by atoms with van der Waals surface area (Å²) >= 11 is 0. The van der Waals surface area contributed by atoms with E-state index >= 15 is 0 Å². The predicted molar refractivity (Wildman–Crippen MR) is 51.4 cm³/mol. The van der Waals surface area contributed by atoms with E-state index < -0.39 is 11.8 Å². The highest BCUT2D eigenvalue weighted by Crippen LogP contribution is 2.50. The van der Waals surface area contributed by atoms with Crippen LogP contribution < -0.4 is 4.74 Å². The molecule has 0 amide bonds. The van der Waals surface area contributed by atoms with Gasteiger partial charge in [-0.2, -0.15) is 0 Å². The lowest BCUT2D eigenvalue weighted by Gasteiger charge is -2.07. The van der Waals surface area contributed by atoms with Crippen LogP contribution in [0.5, 0.6) is 5.75 Å². The standard InChI is InChI=1S/C11H11FO3/c1-15-10-6(3-2-4-9(10)12)7-5-8(7)11(13)14/h2-4,7-8H,5H2,1H3,(H,13,14)/t7-,8+/m0/s1. The first kappa shape index (κ1) is 9.96. The monoisotopic (exact) mass is 210 g/mol. The van der Waals surface area contributed by atoms with E-state index in [0.717, 1.165) is 0 Å². The van der Waals surface area contributed by atoms with Crippen LogP contribution in [0.25, 0.3) is 0 Å². The summed E-state index contributed by atoms with van der Waals surface area (Å²) in [5.74, 6) is -1.59. The van der Waals surface area contributed by atoms with Crippen molar-refractivity contribution in [2.24, 2.45) is 5.92 Å². The number of carboxylic acids is 1. The van der Waals surface area contributed by atoms with Crippen molar-refractivity contribution in [1.29, 1.82) is 0 Å². The van der Waals surface area contributed by atoms with Crippen LogP contribution in [0, 0.1) is 11.7 Å². The van der Waals surface area contributed by atoms with Gasteiger partial charge in [0, 0.05) is 11.5 Å². The summed E-state index contributed by atoms with van der Waals surface area (Å²) in [6.45, 7) is 0. The first-order valence-electron chi connectivity index (χ1n) is 4.70. The number of benzene rings is 1. The van der Waals surface area contributed by atoms with Crippen molar-refractivity contribution in [2.45, 2.75) is 12.3 Å². The number of carbonyl (C=O) groups is 1. The van der Waals surface area contributed by atoms with Crippen LogP contribution in [0.1, 0.15) is 17.9 Å². The molecule has 0 spiro atoms. The Bertz CT molecular complexity index is 403. The Balaban J connectivity index is 2.30. The minimum atomic E-state index is -0.827. The third-order valence-electron chi connectivity index (χ3n) is 2.71. The molecule has 1 aromatic rings. The lowest BCUT2D eigenvalue weighted by molar-refractivity contribution is -0.138. The Morgan fingerprint density at radius 2 is 2.33 bits per heavy atom. The van der Waals surface area contributed by atoms with Gasteiger partial charge in [0.1, 0.15) is 0 Å². The highest BCUT2D eigenvalue weighted by molar-refractivity contribution is 5.75. The first-order chi connectivity index (χ1) is 7.15. The Hall–Kier alpha value is -1.58. The molecule has 0 bridgehead atoms. The summed E-state index contributed by atoms with van der Waals surface area (Å²) < 4.78 is 18.2. The molecule has 1 fully saturated rings. The molecular formula is C11H11FO3. The number of hydrogen-bond acceptors (Lipinski definition) is 2. The van der Waals surface area contributed by atoms with E-state index in [1.54, 1.807) is 12.1 Å². The zero-order chi connectivity index (χ0) is 11.0. The van der Waals surface area contributed by atoms with Crippen molar-refractivity contribution in [3.05, 3.63) is 29.6 Å². The molecule has 2 atom stereocenters. The van der Waals surface area contributed by atoms with Gasteiger partial charge in [-0.15, -0.1) is 0 Å². The molecule has 80 valence electrons. The van der Waals surface area contributed by atoms with Crippen LogP contribution in [0.3, 0.4) is 0 Å². The van der Waals surface area contributed by atoms with Gasteiger partial charge in [-0.05, 0) is 12.5 Å². The SMILES string of the molecule is COc1c(F)cccc1[C@@H]1C[C@H]1C(=O)O. The number of para-hydroxylation sites is 1. The fourth-order valence-corrected chi connectivity index (χ4v) is 1.84. The first-order valence-corrected chi connectivity index (χ1v) is 4.70. The topological polar surface area (TPSA) is 46.5 Å². The van der Waals surface area contributed by atoms with Gasteiger partial charge in [-0.3, -0.25) is 4.79 Å². The number of aliphatic carboxylic acids is 1. The minimum Gasteiger partial charge on any atom is -0.493 e. The molecule has 0 unspecified atom stereocenters. The van der Waals surface area contributed by atoms with Crippen molar-refractivity contribution in [3.63, 3.8) is 0 Å².